The zero-order chi connectivity index (χ0) is 18.4. The molecule has 0 atom stereocenters. The number of phenolic OH excluding ortho intramolecular Hbond substituents is 2. The van der Waals surface area contributed by atoms with Crippen molar-refractivity contribution in [1.82, 2.24) is 16.2 Å². The predicted octanol–water partition coefficient (Wildman–Crippen LogP) is 1.26. The van der Waals surface area contributed by atoms with Gasteiger partial charge in [-0.3, -0.25) is 20.4 Å². The Bertz CT molecular complexity index is 823. The van der Waals surface area contributed by atoms with E-state index in [1.54, 1.807) is 0 Å². The SMILES string of the molecule is C=C(NNC(=O)CNC(=O)c1cccc(F)c1)c1cc(O)ccc1O. The normalized spacial score (nSPS) is 9.96. The summed E-state index contributed by atoms with van der Waals surface area (Å²) in [5, 5.41) is 21.4. The highest BCUT2D eigenvalue weighted by atomic mass is 19.1. The zero-order valence-corrected chi connectivity index (χ0v) is 13.0. The van der Waals surface area contributed by atoms with E-state index in [0.29, 0.717) is 0 Å². The minimum Gasteiger partial charge on any atom is -0.508 e. The van der Waals surface area contributed by atoms with E-state index in [9.17, 15) is 24.2 Å². The summed E-state index contributed by atoms with van der Waals surface area (Å²) in [6.45, 7) is 3.27. The van der Waals surface area contributed by atoms with Crippen LogP contribution in [0.4, 0.5) is 4.39 Å². The summed E-state index contributed by atoms with van der Waals surface area (Å²) in [6, 6.07) is 8.90. The first-order valence-electron chi connectivity index (χ1n) is 7.16. The number of hydrogen-bond donors (Lipinski definition) is 5. The van der Waals surface area contributed by atoms with Crippen LogP contribution in [-0.2, 0) is 4.79 Å². The average Bonchev–Trinajstić information content (AvgIpc) is 2.59. The molecule has 7 nitrogen and oxygen atoms in total. The number of aromatic hydroxyl groups is 2. The highest BCUT2D eigenvalue weighted by molar-refractivity contribution is 5.96. The van der Waals surface area contributed by atoms with E-state index in [0.717, 1.165) is 6.07 Å². The number of halogens is 1. The Morgan fingerprint density at radius 2 is 1.84 bits per heavy atom. The van der Waals surface area contributed by atoms with Crippen molar-refractivity contribution in [3.63, 3.8) is 0 Å². The lowest BCUT2D eigenvalue weighted by atomic mass is 10.1. The molecule has 0 saturated heterocycles. The highest BCUT2D eigenvalue weighted by Crippen LogP contribution is 2.26. The zero-order valence-electron chi connectivity index (χ0n) is 13.0. The molecule has 0 spiro atoms. The summed E-state index contributed by atoms with van der Waals surface area (Å²) in [7, 11) is 0. The van der Waals surface area contributed by atoms with Gasteiger partial charge in [-0.2, -0.15) is 0 Å². The second-order valence-corrected chi connectivity index (χ2v) is 5.05. The van der Waals surface area contributed by atoms with Gasteiger partial charge in [-0.1, -0.05) is 12.6 Å². The number of hydrogen-bond acceptors (Lipinski definition) is 5. The Hall–Kier alpha value is -3.55. The molecule has 0 aromatic heterocycles. The van der Waals surface area contributed by atoms with Crippen molar-refractivity contribution in [3.8, 4) is 11.5 Å². The molecule has 2 aromatic carbocycles. The second kappa shape index (κ2) is 7.82. The van der Waals surface area contributed by atoms with Gasteiger partial charge in [-0.05, 0) is 36.4 Å². The molecule has 0 radical (unpaired) electrons. The molecule has 0 aliphatic heterocycles. The molecule has 0 unspecified atom stereocenters. The molecule has 5 N–H and O–H groups in total. The van der Waals surface area contributed by atoms with Crippen LogP contribution in [0.3, 0.4) is 0 Å². The Balaban J connectivity index is 1.83. The number of phenols is 2. The molecule has 8 heteroatoms. The number of hydrazine groups is 1. The van der Waals surface area contributed by atoms with Crippen molar-refractivity contribution in [2.24, 2.45) is 0 Å². The maximum Gasteiger partial charge on any atom is 0.257 e. The molecule has 25 heavy (non-hydrogen) atoms. The van der Waals surface area contributed by atoms with E-state index < -0.39 is 17.6 Å². The monoisotopic (exact) mass is 345 g/mol. The lowest BCUT2D eigenvalue weighted by molar-refractivity contribution is -0.120. The fraction of sp³-hybridized carbons (Fsp3) is 0.0588. The van der Waals surface area contributed by atoms with Gasteiger partial charge in [0.05, 0.1) is 12.2 Å². The fourth-order valence-electron chi connectivity index (χ4n) is 1.91. The third-order valence-electron chi connectivity index (χ3n) is 3.15. The van der Waals surface area contributed by atoms with Crippen LogP contribution < -0.4 is 16.2 Å². The van der Waals surface area contributed by atoms with Crippen LogP contribution in [0, 0.1) is 5.82 Å². The number of benzene rings is 2. The number of carbonyl (C=O) groups excluding carboxylic acids is 2. The highest BCUT2D eigenvalue weighted by Gasteiger charge is 2.10. The molecule has 0 aliphatic carbocycles. The van der Waals surface area contributed by atoms with Gasteiger partial charge >= 0.3 is 0 Å². The predicted molar refractivity (Wildman–Crippen MR) is 88.8 cm³/mol. The van der Waals surface area contributed by atoms with Gasteiger partial charge in [0.15, 0.2) is 0 Å². The molecule has 0 saturated carbocycles. The molecule has 2 amide bonds. The van der Waals surface area contributed by atoms with Gasteiger partial charge in [-0.25, -0.2) is 4.39 Å². The standard InChI is InChI=1S/C17H16FN3O4/c1-10(14-8-13(22)5-6-15(14)23)20-21-16(24)9-19-17(25)11-3-2-4-12(18)7-11/h2-8,20,22-23H,1,9H2,(H,19,25)(H,21,24). The van der Waals surface area contributed by atoms with Crippen LogP contribution in [0.15, 0.2) is 49.0 Å². The topological polar surface area (TPSA) is 111 Å². The molecular weight excluding hydrogens is 329 g/mol. The van der Waals surface area contributed by atoms with E-state index in [1.165, 1.54) is 36.4 Å². The summed E-state index contributed by atoms with van der Waals surface area (Å²) in [4.78, 5) is 23.5. The van der Waals surface area contributed by atoms with Gasteiger partial charge in [0.2, 0.25) is 0 Å². The van der Waals surface area contributed by atoms with E-state index in [1.807, 2.05) is 0 Å². The first-order valence-corrected chi connectivity index (χ1v) is 7.16. The van der Waals surface area contributed by atoms with Crippen molar-refractivity contribution in [2.45, 2.75) is 0 Å². The Labute approximate surface area is 142 Å². The van der Waals surface area contributed by atoms with Crippen LogP contribution in [0.1, 0.15) is 15.9 Å². The number of carbonyl (C=O) groups is 2. The van der Waals surface area contributed by atoms with Gasteiger partial charge in [0.1, 0.15) is 17.3 Å². The lowest BCUT2D eigenvalue weighted by Gasteiger charge is -2.13. The van der Waals surface area contributed by atoms with E-state index >= 15 is 0 Å². The second-order valence-electron chi connectivity index (χ2n) is 5.05. The first kappa shape index (κ1) is 17.8. The van der Waals surface area contributed by atoms with Gasteiger partial charge in [0, 0.05) is 11.1 Å². The molecule has 0 fully saturated rings. The molecule has 130 valence electrons. The third kappa shape index (κ3) is 4.96. The van der Waals surface area contributed by atoms with Crippen LogP contribution in [0.5, 0.6) is 11.5 Å². The Morgan fingerprint density at radius 3 is 2.56 bits per heavy atom. The number of rotatable bonds is 6. The minimum atomic E-state index is -0.598. The summed E-state index contributed by atoms with van der Waals surface area (Å²) in [6.07, 6.45) is 0. The summed E-state index contributed by atoms with van der Waals surface area (Å²) in [5.74, 6) is -1.96. The molecular formula is C17H16FN3O4. The Morgan fingerprint density at radius 1 is 1.08 bits per heavy atom. The first-order chi connectivity index (χ1) is 11.9. The minimum absolute atomic E-state index is 0.0792. The quantitative estimate of drug-likeness (QED) is 0.400. The maximum atomic E-state index is 13.0. The summed E-state index contributed by atoms with van der Waals surface area (Å²) < 4.78 is 13.0. The molecule has 2 rings (SSSR count). The third-order valence-corrected chi connectivity index (χ3v) is 3.15. The van der Waals surface area contributed by atoms with Crippen LogP contribution in [0.25, 0.3) is 5.70 Å². The lowest BCUT2D eigenvalue weighted by Crippen LogP contribution is -2.42. The van der Waals surface area contributed by atoms with Crippen molar-refractivity contribution in [3.05, 3.63) is 66.0 Å². The fourth-order valence-corrected chi connectivity index (χ4v) is 1.91. The van der Waals surface area contributed by atoms with Crippen molar-refractivity contribution in [1.29, 1.82) is 0 Å². The van der Waals surface area contributed by atoms with Crippen molar-refractivity contribution < 1.29 is 24.2 Å². The largest absolute Gasteiger partial charge is 0.508 e. The van der Waals surface area contributed by atoms with Gasteiger partial charge < -0.3 is 15.5 Å². The van der Waals surface area contributed by atoms with Crippen LogP contribution >= 0.6 is 0 Å². The van der Waals surface area contributed by atoms with Gasteiger partial charge in [-0.15, -0.1) is 0 Å². The molecule has 0 aliphatic rings. The van der Waals surface area contributed by atoms with E-state index in [4.69, 9.17) is 0 Å². The van der Waals surface area contributed by atoms with Crippen molar-refractivity contribution >= 4 is 17.5 Å². The molecule has 2 aromatic rings. The molecule has 0 heterocycles. The number of amides is 2. The Kier molecular flexibility index (Phi) is 5.57. The van der Waals surface area contributed by atoms with Crippen molar-refractivity contribution in [2.75, 3.05) is 6.54 Å². The average molecular weight is 345 g/mol. The van der Waals surface area contributed by atoms with Crippen LogP contribution in [-0.4, -0.2) is 28.6 Å². The smallest absolute Gasteiger partial charge is 0.257 e. The summed E-state index contributed by atoms with van der Waals surface area (Å²) >= 11 is 0. The maximum absolute atomic E-state index is 13.0. The summed E-state index contributed by atoms with van der Waals surface area (Å²) in [5.41, 5.74) is 5.17. The molecule has 0 bridgehead atoms. The number of nitrogens with one attached hydrogen (secondary N) is 3. The van der Waals surface area contributed by atoms with Gasteiger partial charge in [0.25, 0.3) is 11.8 Å². The van der Waals surface area contributed by atoms with E-state index in [2.05, 4.69) is 22.7 Å². The van der Waals surface area contributed by atoms with E-state index in [-0.39, 0.29) is 34.9 Å². The van der Waals surface area contributed by atoms with Crippen LogP contribution in [0.2, 0.25) is 0 Å².